The summed E-state index contributed by atoms with van der Waals surface area (Å²) >= 11 is 0. The van der Waals surface area contributed by atoms with Crippen molar-refractivity contribution in [3.63, 3.8) is 0 Å². The molecule has 0 heterocycles. The molecule has 3 nitrogen and oxygen atoms in total. The van der Waals surface area contributed by atoms with E-state index < -0.39 is 0 Å². The van der Waals surface area contributed by atoms with Crippen LogP contribution in [0.2, 0.25) is 0 Å². The zero-order valence-electron chi connectivity index (χ0n) is 16.3. The number of carbonyl (C=O) groups excluding carboxylic acids is 1. The molecule has 0 bridgehead atoms. The second-order valence-electron chi connectivity index (χ2n) is 6.77. The zero-order valence-corrected chi connectivity index (χ0v) is 16.3. The molecule has 3 aromatic carbocycles. The van der Waals surface area contributed by atoms with Gasteiger partial charge in [-0.3, -0.25) is 4.79 Å². The summed E-state index contributed by atoms with van der Waals surface area (Å²) < 4.78 is 0. The quantitative estimate of drug-likeness (QED) is 0.292. The number of nitrogens with one attached hydrogen (secondary N) is 1. The molecule has 0 aliphatic heterocycles. The van der Waals surface area contributed by atoms with Crippen LogP contribution in [0.1, 0.15) is 48.5 Å². The number of amides is 1. The second kappa shape index (κ2) is 10.2. The Hall–Kier alpha value is -3.20. The Morgan fingerprint density at radius 1 is 0.750 bits per heavy atom. The molecular weight excluding hydrogens is 344 g/mol. The van der Waals surface area contributed by atoms with Crippen molar-refractivity contribution in [1.82, 2.24) is 5.43 Å². The molecule has 0 aromatic heterocycles. The maximum Gasteiger partial charge on any atom is 0.271 e. The summed E-state index contributed by atoms with van der Waals surface area (Å²) in [6.45, 7) is 2.18. The highest BCUT2D eigenvalue weighted by Gasteiger charge is 2.08. The molecule has 0 radical (unpaired) electrons. The number of carbonyl (C=O) groups is 1. The van der Waals surface area contributed by atoms with Gasteiger partial charge in [0.2, 0.25) is 0 Å². The van der Waals surface area contributed by atoms with Crippen LogP contribution < -0.4 is 5.43 Å². The molecule has 3 rings (SSSR count). The Morgan fingerprint density at radius 3 is 2.00 bits per heavy atom. The lowest BCUT2D eigenvalue weighted by atomic mass is 10.0. The van der Waals surface area contributed by atoms with Crippen molar-refractivity contribution < 1.29 is 4.79 Å². The lowest BCUT2D eigenvalue weighted by molar-refractivity contribution is 0.0955. The van der Waals surface area contributed by atoms with Gasteiger partial charge >= 0.3 is 0 Å². The van der Waals surface area contributed by atoms with Crippen LogP contribution in [0.5, 0.6) is 0 Å². The van der Waals surface area contributed by atoms with E-state index in [9.17, 15) is 4.79 Å². The third-order valence-electron chi connectivity index (χ3n) is 4.67. The van der Waals surface area contributed by atoms with Gasteiger partial charge in [-0.25, -0.2) is 5.43 Å². The largest absolute Gasteiger partial charge is 0.271 e. The molecule has 3 aromatic rings. The lowest BCUT2D eigenvalue weighted by Crippen LogP contribution is -2.20. The summed E-state index contributed by atoms with van der Waals surface area (Å²) in [5.74, 6) is -0.191. The van der Waals surface area contributed by atoms with Gasteiger partial charge in [0.15, 0.2) is 0 Å². The van der Waals surface area contributed by atoms with Crippen molar-refractivity contribution in [2.24, 2.45) is 5.10 Å². The monoisotopic (exact) mass is 370 g/mol. The SMILES string of the molecule is CCCCCC(=NNC(=O)c1ccc(-c2ccccc2)cc1)c1ccccc1. The van der Waals surface area contributed by atoms with Gasteiger partial charge in [0, 0.05) is 5.56 Å². The Balaban J connectivity index is 1.70. The molecule has 0 saturated heterocycles. The fourth-order valence-corrected chi connectivity index (χ4v) is 3.07. The lowest BCUT2D eigenvalue weighted by Gasteiger charge is -2.08. The van der Waals surface area contributed by atoms with E-state index in [2.05, 4.69) is 29.6 Å². The summed E-state index contributed by atoms with van der Waals surface area (Å²) in [6, 6.07) is 27.8. The van der Waals surface area contributed by atoms with E-state index >= 15 is 0 Å². The molecule has 0 fully saturated rings. The highest BCUT2D eigenvalue weighted by atomic mass is 16.2. The first-order chi connectivity index (χ1) is 13.8. The second-order valence-corrected chi connectivity index (χ2v) is 6.77. The van der Waals surface area contributed by atoms with Crippen molar-refractivity contribution in [3.05, 3.63) is 96.1 Å². The molecule has 28 heavy (non-hydrogen) atoms. The smallest absolute Gasteiger partial charge is 0.267 e. The number of hydrogen-bond donors (Lipinski definition) is 1. The van der Waals surface area contributed by atoms with Crippen LogP contribution in [0.15, 0.2) is 90.0 Å². The van der Waals surface area contributed by atoms with Crippen molar-refractivity contribution in [1.29, 1.82) is 0 Å². The Morgan fingerprint density at radius 2 is 1.36 bits per heavy atom. The predicted molar refractivity (Wildman–Crippen MR) is 116 cm³/mol. The van der Waals surface area contributed by atoms with Crippen molar-refractivity contribution in [2.45, 2.75) is 32.6 Å². The summed E-state index contributed by atoms with van der Waals surface area (Å²) in [6.07, 6.45) is 4.22. The molecule has 1 N–H and O–H groups in total. The fraction of sp³-hybridized carbons (Fsp3) is 0.200. The van der Waals surface area contributed by atoms with Crippen LogP contribution in [0.3, 0.4) is 0 Å². The van der Waals surface area contributed by atoms with Crippen molar-refractivity contribution >= 4 is 11.6 Å². The van der Waals surface area contributed by atoms with E-state index in [0.717, 1.165) is 48.1 Å². The molecule has 3 heteroatoms. The average Bonchev–Trinajstić information content (AvgIpc) is 2.77. The number of benzene rings is 3. The number of hydrazone groups is 1. The Kier molecular flexibility index (Phi) is 7.14. The number of rotatable bonds is 8. The van der Waals surface area contributed by atoms with Gasteiger partial charge in [0.1, 0.15) is 0 Å². The predicted octanol–water partition coefficient (Wildman–Crippen LogP) is 6.07. The Bertz CT molecular complexity index is 900. The van der Waals surface area contributed by atoms with Gasteiger partial charge in [0.25, 0.3) is 5.91 Å². The first-order valence-electron chi connectivity index (χ1n) is 9.85. The highest BCUT2D eigenvalue weighted by molar-refractivity contribution is 6.02. The minimum absolute atomic E-state index is 0.191. The van der Waals surface area contributed by atoms with Crippen LogP contribution in [0.25, 0.3) is 11.1 Å². The first-order valence-corrected chi connectivity index (χ1v) is 9.85. The molecule has 142 valence electrons. The average molecular weight is 370 g/mol. The van der Waals surface area contributed by atoms with Crippen LogP contribution in [0.4, 0.5) is 0 Å². The summed E-state index contributed by atoms with van der Waals surface area (Å²) in [4.78, 5) is 12.5. The van der Waals surface area contributed by atoms with E-state index in [1.165, 1.54) is 0 Å². The van der Waals surface area contributed by atoms with Crippen molar-refractivity contribution in [2.75, 3.05) is 0 Å². The van der Waals surface area contributed by atoms with Crippen LogP contribution in [-0.4, -0.2) is 11.6 Å². The van der Waals surface area contributed by atoms with Crippen LogP contribution in [-0.2, 0) is 0 Å². The molecule has 0 saturated carbocycles. The van der Waals surface area contributed by atoms with Crippen LogP contribution >= 0.6 is 0 Å². The molecule has 0 aliphatic carbocycles. The van der Waals surface area contributed by atoms with Gasteiger partial charge in [-0.15, -0.1) is 0 Å². The zero-order chi connectivity index (χ0) is 19.6. The molecular formula is C25H26N2O. The molecule has 0 unspecified atom stereocenters. The molecule has 0 spiro atoms. The maximum absolute atomic E-state index is 12.5. The van der Waals surface area contributed by atoms with E-state index in [1.807, 2.05) is 72.8 Å². The molecule has 0 atom stereocenters. The maximum atomic E-state index is 12.5. The summed E-state index contributed by atoms with van der Waals surface area (Å²) in [5.41, 5.74) is 7.53. The number of hydrogen-bond acceptors (Lipinski definition) is 2. The third kappa shape index (κ3) is 5.40. The minimum Gasteiger partial charge on any atom is -0.267 e. The van der Waals surface area contributed by atoms with E-state index in [4.69, 9.17) is 0 Å². The minimum atomic E-state index is -0.191. The first kappa shape index (κ1) is 19.6. The summed E-state index contributed by atoms with van der Waals surface area (Å²) in [7, 11) is 0. The summed E-state index contributed by atoms with van der Waals surface area (Å²) in [5, 5.41) is 4.44. The third-order valence-corrected chi connectivity index (χ3v) is 4.67. The number of unbranched alkanes of at least 4 members (excludes halogenated alkanes) is 2. The molecule has 0 aliphatic rings. The standard InChI is InChI=1S/C25H26N2O/c1-2-3-6-15-24(22-13-9-5-10-14-22)26-27-25(28)23-18-16-21(17-19-23)20-11-7-4-8-12-20/h4-5,7-14,16-19H,2-3,6,15H2,1H3,(H,27,28). The van der Waals surface area contributed by atoms with E-state index in [0.29, 0.717) is 5.56 Å². The molecule has 1 amide bonds. The number of nitrogens with zero attached hydrogens (tertiary/aromatic N) is 1. The topological polar surface area (TPSA) is 41.5 Å². The van der Waals surface area contributed by atoms with E-state index in [1.54, 1.807) is 0 Å². The normalized spacial score (nSPS) is 11.2. The van der Waals surface area contributed by atoms with Gasteiger partial charge in [-0.2, -0.15) is 5.10 Å². The van der Waals surface area contributed by atoms with Gasteiger partial charge in [-0.05, 0) is 41.7 Å². The fourth-order valence-electron chi connectivity index (χ4n) is 3.07. The van der Waals surface area contributed by atoms with E-state index in [-0.39, 0.29) is 5.91 Å². The van der Waals surface area contributed by atoms with Crippen molar-refractivity contribution in [3.8, 4) is 11.1 Å². The van der Waals surface area contributed by atoms with Gasteiger partial charge in [0.05, 0.1) is 5.71 Å². The van der Waals surface area contributed by atoms with Crippen LogP contribution in [0, 0.1) is 0 Å². The Labute approximate surface area is 167 Å². The highest BCUT2D eigenvalue weighted by Crippen LogP contribution is 2.19. The van der Waals surface area contributed by atoms with Gasteiger partial charge < -0.3 is 0 Å². The van der Waals surface area contributed by atoms with Gasteiger partial charge in [-0.1, -0.05) is 92.6 Å².